The summed E-state index contributed by atoms with van der Waals surface area (Å²) in [5, 5.41) is 14.6. The van der Waals surface area contributed by atoms with Gasteiger partial charge in [0.25, 0.3) is 0 Å². The topological polar surface area (TPSA) is 96.9 Å². The van der Waals surface area contributed by atoms with Gasteiger partial charge in [0.2, 0.25) is 0 Å². The van der Waals surface area contributed by atoms with Crippen LogP contribution in [0.2, 0.25) is 5.02 Å². The molecule has 2 amide bonds. The van der Waals surface area contributed by atoms with Crippen molar-refractivity contribution in [1.29, 1.82) is 0 Å². The normalized spacial score (nSPS) is 10.1. The van der Waals surface area contributed by atoms with Crippen LogP contribution in [-0.2, 0) is 16.0 Å². The molecule has 0 radical (unpaired) electrons. The molecule has 2 aromatic rings. The zero-order chi connectivity index (χ0) is 19.1. The van der Waals surface area contributed by atoms with Gasteiger partial charge in [-0.3, -0.25) is 9.59 Å². The van der Waals surface area contributed by atoms with Crippen molar-refractivity contribution in [3.8, 4) is 17.2 Å². The third-order valence-corrected chi connectivity index (χ3v) is 3.86. The van der Waals surface area contributed by atoms with E-state index in [1.165, 1.54) is 26.4 Å². The standard InChI is InChI=1S/C18H19ClN2O5/c1-25-15-10-14(16(26-2)9-13(15)19)21-18(24)17(23)20-8-7-11-3-5-12(22)6-4-11/h3-6,9-10,22H,7-8H2,1-2H3,(H,20,23)(H,21,24). The molecule has 0 aliphatic rings. The Labute approximate surface area is 155 Å². The molecule has 2 aromatic carbocycles. The van der Waals surface area contributed by atoms with Crippen molar-refractivity contribution in [3.63, 3.8) is 0 Å². The predicted molar refractivity (Wildman–Crippen MR) is 98.0 cm³/mol. The number of ether oxygens (including phenoxy) is 2. The Bertz CT molecular complexity index is 793. The minimum atomic E-state index is -0.835. The number of nitrogens with one attached hydrogen (secondary N) is 2. The average molecular weight is 379 g/mol. The molecule has 7 nitrogen and oxygen atoms in total. The highest BCUT2D eigenvalue weighted by atomic mass is 35.5. The molecule has 2 rings (SSSR count). The molecule has 0 fully saturated rings. The monoisotopic (exact) mass is 378 g/mol. The van der Waals surface area contributed by atoms with Crippen LogP contribution in [0.3, 0.4) is 0 Å². The van der Waals surface area contributed by atoms with Crippen LogP contribution >= 0.6 is 11.6 Å². The van der Waals surface area contributed by atoms with E-state index in [0.717, 1.165) is 5.56 Å². The third kappa shape index (κ3) is 5.03. The van der Waals surface area contributed by atoms with E-state index < -0.39 is 11.8 Å². The fraction of sp³-hybridized carbons (Fsp3) is 0.222. The number of methoxy groups -OCH3 is 2. The fourth-order valence-electron chi connectivity index (χ4n) is 2.20. The van der Waals surface area contributed by atoms with Crippen molar-refractivity contribution < 1.29 is 24.2 Å². The summed E-state index contributed by atoms with van der Waals surface area (Å²) in [6, 6.07) is 9.56. The van der Waals surface area contributed by atoms with Gasteiger partial charge in [0.15, 0.2) is 0 Å². The number of carbonyl (C=O) groups excluding carboxylic acids is 2. The van der Waals surface area contributed by atoms with Gasteiger partial charge in [0.05, 0.1) is 24.9 Å². The summed E-state index contributed by atoms with van der Waals surface area (Å²) in [5.74, 6) is -0.792. The molecule has 0 aromatic heterocycles. The molecule has 0 unspecified atom stereocenters. The van der Waals surface area contributed by atoms with Gasteiger partial charge < -0.3 is 25.2 Å². The first kappa shape index (κ1) is 19.4. The second kappa shape index (κ2) is 8.96. The van der Waals surface area contributed by atoms with Crippen molar-refractivity contribution in [3.05, 3.63) is 47.0 Å². The summed E-state index contributed by atoms with van der Waals surface area (Å²) >= 11 is 6.00. The summed E-state index contributed by atoms with van der Waals surface area (Å²) in [6.07, 6.45) is 0.525. The van der Waals surface area contributed by atoms with E-state index in [4.69, 9.17) is 21.1 Å². The highest BCUT2D eigenvalue weighted by molar-refractivity contribution is 6.40. The number of phenolic OH excluding ortho intramolecular Hbond substituents is 1. The maximum Gasteiger partial charge on any atom is 0.313 e. The van der Waals surface area contributed by atoms with Gasteiger partial charge in [-0.1, -0.05) is 23.7 Å². The SMILES string of the molecule is COc1cc(NC(=O)C(=O)NCCc2ccc(O)cc2)c(OC)cc1Cl. The van der Waals surface area contributed by atoms with Crippen LogP contribution in [0.1, 0.15) is 5.56 Å². The van der Waals surface area contributed by atoms with Gasteiger partial charge in [0, 0.05) is 18.7 Å². The molecule has 0 aliphatic carbocycles. The number of amides is 2. The summed E-state index contributed by atoms with van der Waals surface area (Å²) in [6.45, 7) is 0.276. The molecule has 8 heteroatoms. The molecule has 0 saturated carbocycles. The first-order valence-electron chi connectivity index (χ1n) is 7.73. The number of halogens is 1. The summed E-state index contributed by atoms with van der Waals surface area (Å²) in [7, 11) is 2.86. The molecule has 0 spiro atoms. The van der Waals surface area contributed by atoms with Crippen LogP contribution in [0.15, 0.2) is 36.4 Å². The van der Waals surface area contributed by atoms with Gasteiger partial charge >= 0.3 is 11.8 Å². The Hall–Kier alpha value is -2.93. The number of carbonyl (C=O) groups is 2. The number of hydrogen-bond donors (Lipinski definition) is 3. The summed E-state index contributed by atoms with van der Waals surface area (Å²) in [4.78, 5) is 24.0. The number of aromatic hydroxyl groups is 1. The Morgan fingerprint density at radius 1 is 1.04 bits per heavy atom. The minimum Gasteiger partial charge on any atom is -0.508 e. The van der Waals surface area contributed by atoms with E-state index >= 15 is 0 Å². The van der Waals surface area contributed by atoms with E-state index in [0.29, 0.717) is 22.9 Å². The molecule has 3 N–H and O–H groups in total. The number of anilines is 1. The Morgan fingerprint density at radius 3 is 2.31 bits per heavy atom. The van der Waals surface area contributed by atoms with Crippen molar-refractivity contribution in [2.24, 2.45) is 0 Å². The highest BCUT2D eigenvalue weighted by Gasteiger charge is 2.17. The number of hydrogen-bond acceptors (Lipinski definition) is 5. The van der Waals surface area contributed by atoms with E-state index in [2.05, 4.69) is 10.6 Å². The molecule has 138 valence electrons. The first-order chi connectivity index (χ1) is 12.4. The van der Waals surface area contributed by atoms with Crippen LogP contribution in [0.4, 0.5) is 5.69 Å². The molecule has 0 saturated heterocycles. The second-order valence-corrected chi connectivity index (χ2v) is 5.72. The molecule has 0 heterocycles. The van der Waals surface area contributed by atoms with Gasteiger partial charge in [-0.25, -0.2) is 0 Å². The maximum atomic E-state index is 12.1. The van der Waals surface area contributed by atoms with Gasteiger partial charge in [-0.2, -0.15) is 0 Å². The van der Waals surface area contributed by atoms with Crippen LogP contribution in [0.5, 0.6) is 17.2 Å². The van der Waals surface area contributed by atoms with Gasteiger partial charge in [-0.05, 0) is 24.1 Å². The molecule has 0 atom stereocenters. The largest absolute Gasteiger partial charge is 0.508 e. The van der Waals surface area contributed by atoms with Crippen LogP contribution in [0.25, 0.3) is 0 Å². The number of benzene rings is 2. The zero-order valence-electron chi connectivity index (χ0n) is 14.3. The average Bonchev–Trinajstić information content (AvgIpc) is 2.64. The highest BCUT2D eigenvalue weighted by Crippen LogP contribution is 2.35. The zero-order valence-corrected chi connectivity index (χ0v) is 15.1. The predicted octanol–water partition coefficient (Wildman–Crippen LogP) is 2.36. The van der Waals surface area contributed by atoms with Crippen molar-refractivity contribution in [2.45, 2.75) is 6.42 Å². The first-order valence-corrected chi connectivity index (χ1v) is 8.11. The van der Waals surface area contributed by atoms with Crippen LogP contribution < -0.4 is 20.1 Å². The Morgan fingerprint density at radius 2 is 1.69 bits per heavy atom. The lowest BCUT2D eigenvalue weighted by Gasteiger charge is -2.13. The van der Waals surface area contributed by atoms with Crippen molar-refractivity contribution >= 4 is 29.1 Å². The van der Waals surface area contributed by atoms with E-state index in [9.17, 15) is 14.7 Å². The maximum absolute atomic E-state index is 12.1. The third-order valence-electron chi connectivity index (χ3n) is 3.56. The molecular formula is C18H19ClN2O5. The van der Waals surface area contributed by atoms with Gasteiger partial charge in [-0.15, -0.1) is 0 Å². The molecule has 0 aliphatic heterocycles. The van der Waals surface area contributed by atoms with Crippen molar-refractivity contribution in [1.82, 2.24) is 5.32 Å². The molecular weight excluding hydrogens is 360 g/mol. The van der Waals surface area contributed by atoms with E-state index in [-0.39, 0.29) is 18.0 Å². The summed E-state index contributed by atoms with van der Waals surface area (Å²) < 4.78 is 10.2. The van der Waals surface area contributed by atoms with Crippen LogP contribution in [0, 0.1) is 0 Å². The molecule has 26 heavy (non-hydrogen) atoms. The van der Waals surface area contributed by atoms with Crippen molar-refractivity contribution in [2.75, 3.05) is 26.1 Å². The van der Waals surface area contributed by atoms with Crippen LogP contribution in [-0.4, -0.2) is 37.7 Å². The number of rotatable bonds is 6. The van der Waals surface area contributed by atoms with Gasteiger partial charge in [0.1, 0.15) is 17.2 Å². The lowest BCUT2D eigenvalue weighted by Crippen LogP contribution is -2.36. The van der Waals surface area contributed by atoms with E-state index in [1.54, 1.807) is 24.3 Å². The summed E-state index contributed by atoms with van der Waals surface area (Å²) in [5.41, 5.74) is 1.19. The smallest absolute Gasteiger partial charge is 0.313 e. The van der Waals surface area contributed by atoms with E-state index in [1.807, 2.05) is 0 Å². The lowest BCUT2D eigenvalue weighted by molar-refractivity contribution is -0.136. The second-order valence-electron chi connectivity index (χ2n) is 5.31. The minimum absolute atomic E-state index is 0.171. The quantitative estimate of drug-likeness (QED) is 0.670. The molecule has 0 bridgehead atoms. The lowest BCUT2D eigenvalue weighted by atomic mass is 10.1. The Balaban J connectivity index is 1.94. The Kier molecular flexibility index (Phi) is 6.68. The number of phenols is 1. The fourth-order valence-corrected chi connectivity index (χ4v) is 2.43.